The fourth-order valence-electron chi connectivity index (χ4n) is 2.11. The summed E-state index contributed by atoms with van der Waals surface area (Å²) in [5.74, 6) is -1.11. The van der Waals surface area contributed by atoms with Gasteiger partial charge in [-0.1, -0.05) is 18.2 Å². The summed E-state index contributed by atoms with van der Waals surface area (Å²) < 4.78 is 5.01. The summed E-state index contributed by atoms with van der Waals surface area (Å²) in [5, 5.41) is 16.2. The van der Waals surface area contributed by atoms with Crippen LogP contribution in [0.5, 0.6) is 11.5 Å². The Kier molecular flexibility index (Phi) is 6.50. The molecule has 2 aromatic rings. The predicted molar refractivity (Wildman–Crippen MR) is 99.4 cm³/mol. The number of anilines is 1. The number of ether oxygens (including phenoxy) is 1. The van der Waals surface area contributed by atoms with Gasteiger partial charge in [-0.2, -0.15) is 5.10 Å². The summed E-state index contributed by atoms with van der Waals surface area (Å²) in [6, 6.07) is 11.7. The summed E-state index contributed by atoms with van der Waals surface area (Å²) in [6.45, 7) is 3.62. The van der Waals surface area contributed by atoms with Gasteiger partial charge in [-0.15, -0.1) is 6.58 Å². The van der Waals surface area contributed by atoms with Crippen LogP contribution in [-0.2, 0) is 16.0 Å². The Hall–Kier alpha value is -3.61. The average molecular weight is 353 g/mol. The minimum atomic E-state index is -0.932. The second-order valence-electron chi connectivity index (χ2n) is 5.23. The number of carbonyl (C=O) groups is 2. The fraction of sp³-hybridized carbons (Fsp3) is 0.105. The number of allylic oxidation sites excluding steroid dienone is 1. The largest absolute Gasteiger partial charge is 0.507 e. The fourth-order valence-corrected chi connectivity index (χ4v) is 2.11. The molecule has 0 aliphatic rings. The average Bonchev–Trinajstić information content (AvgIpc) is 2.65. The molecule has 0 radical (unpaired) electrons. The number of hydrazone groups is 1. The molecule has 0 bridgehead atoms. The van der Waals surface area contributed by atoms with Gasteiger partial charge < -0.3 is 15.2 Å². The number of hydrogen-bond donors (Lipinski definition) is 3. The molecule has 7 nitrogen and oxygen atoms in total. The van der Waals surface area contributed by atoms with Crippen molar-refractivity contribution < 1.29 is 19.4 Å². The molecule has 0 fully saturated rings. The zero-order chi connectivity index (χ0) is 18.9. The second kappa shape index (κ2) is 9.03. The maximum Gasteiger partial charge on any atom is 0.329 e. The first-order chi connectivity index (χ1) is 12.5. The van der Waals surface area contributed by atoms with E-state index >= 15 is 0 Å². The normalized spacial score (nSPS) is 10.3. The minimum absolute atomic E-state index is 0.0492. The highest BCUT2D eigenvalue weighted by Crippen LogP contribution is 2.21. The molecule has 0 aliphatic carbocycles. The Balaban J connectivity index is 1.94. The van der Waals surface area contributed by atoms with Gasteiger partial charge in [-0.25, -0.2) is 5.43 Å². The van der Waals surface area contributed by atoms with Crippen molar-refractivity contribution in [3.63, 3.8) is 0 Å². The summed E-state index contributed by atoms with van der Waals surface area (Å²) in [5.41, 5.74) is 3.67. The number of para-hydroxylation sites is 1. The number of nitrogens with zero attached hydrogens (tertiary/aromatic N) is 1. The number of phenolic OH excluding ortho intramolecular Hbond substituents is 1. The van der Waals surface area contributed by atoms with E-state index in [9.17, 15) is 14.7 Å². The molecule has 0 aromatic heterocycles. The molecule has 2 aromatic carbocycles. The van der Waals surface area contributed by atoms with Crippen LogP contribution in [0.1, 0.15) is 11.1 Å². The van der Waals surface area contributed by atoms with E-state index in [2.05, 4.69) is 22.4 Å². The molecule has 0 saturated carbocycles. The van der Waals surface area contributed by atoms with Crippen molar-refractivity contribution in [2.45, 2.75) is 6.42 Å². The number of hydrogen-bond acceptors (Lipinski definition) is 5. The lowest BCUT2D eigenvalue weighted by Crippen LogP contribution is -2.32. The lowest BCUT2D eigenvalue weighted by atomic mass is 10.1. The predicted octanol–water partition coefficient (Wildman–Crippen LogP) is 2.22. The number of benzene rings is 2. The smallest absolute Gasteiger partial charge is 0.329 e. The Morgan fingerprint density at radius 1 is 1.19 bits per heavy atom. The first-order valence-corrected chi connectivity index (χ1v) is 7.75. The number of aromatic hydroxyl groups is 1. The number of methoxy groups -OCH3 is 1. The molecular formula is C19H19N3O4. The van der Waals surface area contributed by atoms with Crippen molar-refractivity contribution in [2.24, 2.45) is 5.10 Å². The molecular weight excluding hydrogens is 334 g/mol. The lowest BCUT2D eigenvalue weighted by Gasteiger charge is -2.06. The summed E-state index contributed by atoms with van der Waals surface area (Å²) in [7, 11) is 1.53. The number of nitrogens with one attached hydrogen (secondary N) is 2. The molecule has 0 unspecified atom stereocenters. The Morgan fingerprint density at radius 2 is 1.92 bits per heavy atom. The van der Waals surface area contributed by atoms with Crippen LogP contribution in [-0.4, -0.2) is 30.2 Å². The minimum Gasteiger partial charge on any atom is -0.507 e. The Bertz CT molecular complexity index is 829. The van der Waals surface area contributed by atoms with Gasteiger partial charge >= 0.3 is 11.8 Å². The standard InChI is InChI=1S/C19H19N3O4/c1-3-5-13-6-4-7-14(17(13)23)12-20-22-19(25)18(24)21-15-8-10-16(26-2)11-9-15/h3-4,6-12,23H,1,5H2,2H3,(H,21,24)(H,22,25)/b20-12-. The van der Waals surface area contributed by atoms with Gasteiger partial charge in [0.1, 0.15) is 11.5 Å². The van der Waals surface area contributed by atoms with Crippen LogP contribution in [0, 0.1) is 0 Å². The number of phenols is 1. The van der Waals surface area contributed by atoms with E-state index in [-0.39, 0.29) is 5.75 Å². The van der Waals surface area contributed by atoms with Crippen LogP contribution in [0.25, 0.3) is 0 Å². The van der Waals surface area contributed by atoms with E-state index in [0.29, 0.717) is 29.0 Å². The van der Waals surface area contributed by atoms with Gasteiger partial charge in [0.2, 0.25) is 0 Å². The first-order valence-electron chi connectivity index (χ1n) is 7.75. The van der Waals surface area contributed by atoms with Gasteiger partial charge in [0.25, 0.3) is 0 Å². The van der Waals surface area contributed by atoms with Gasteiger partial charge in [0, 0.05) is 11.3 Å². The van der Waals surface area contributed by atoms with Crippen LogP contribution in [0.2, 0.25) is 0 Å². The van der Waals surface area contributed by atoms with Crippen molar-refractivity contribution in [2.75, 3.05) is 12.4 Å². The molecule has 134 valence electrons. The zero-order valence-electron chi connectivity index (χ0n) is 14.2. The van der Waals surface area contributed by atoms with Crippen LogP contribution in [0.15, 0.2) is 60.2 Å². The highest BCUT2D eigenvalue weighted by molar-refractivity contribution is 6.39. The van der Waals surface area contributed by atoms with Crippen LogP contribution < -0.4 is 15.5 Å². The van der Waals surface area contributed by atoms with Crippen LogP contribution in [0.3, 0.4) is 0 Å². The van der Waals surface area contributed by atoms with Crippen molar-refractivity contribution >= 4 is 23.7 Å². The molecule has 7 heteroatoms. The monoisotopic (exact) mass is 353 g/mol. The zero-order valence-corrected chi connectivity index (χ0v) is 14.2. The quantitative estimate of drug-likeness (QED) is 0.321. The van der Waals surface area contributed by atoms with Crippen LogP contribution >= 0.6 is 0 Å². The second-order valence-corrected chi connectivity index (χ2v) is 5.23. The van der Waals surface area contributed by atoms with Crippen molar-refractivity contribution in [1.82, 2.24) is 5.43 Å². The maximum atomic E-state index is 11.8. The Labute approximate surface area is 151 Å². The number of rotatable bonds is 6. The number of carbonyl (C=O) groups excluding carboxylic acids is 2. The van der Waals surface area contributed by atoms with E-state index in [0.717, 1.165) is 0 Å². The summed E-state index contributed by atoms with van der Waals surface area (Å²) >= 11 is 0. The maximum absolute atomic E-state index is 11.8. The molecule has 2 amide bonds. The van der Waals surface area contributed by atoms with Crippen molar-refractivity contribution in [3.8, 4) is 11.5 Å². The topological polar surface area (TPSA) is 100 Å². The molecule has 26 heavy (non-hydrogen) atoms. The molecule has 3 N–H and O–H groups in total. The van der Waals surface area contributed by atoms with Crippen LogP contribution in [0.4, 0.5) is 5.69 Å². The highest BCUT2D eigenvalue weighted by atomic mass is 16.5. The molecule has 0 heterocycles. The summed E-state index contributed by atoms with van der Waals surface area (Å²) in [6.07, 6.45) is 3.44. The van der Waals surface area contributed by atoms with Gasteiger partial charge in [-0.05, 0) is 42.3 Å². The molecule has 0 saturated heterocycles. The molecule has 0 spiro atoms. The third kappa shape index (κ3) is 4.94. The van der Waals surface area contributed by atoms with E-state index in [1.54, 1.807) is 48.5 Å². The van der Waals surface area contributed by atoms with Crippen molar-refractivity contribution in [3.05, 3.63) is 66.2 Å². The van der Waals surface area contributed by atoms with Gasteiger partial charge in [-0.3, -0.25) is 9.59 Å². The van der Waals surface area contributed by atoms with Crippen molar-refractivity contribution in [1.29, 1.82) is 0 Å². The third-order valence-electron chi connectivity index (χ3n) is 3.44. The summed E-state index contributed by atoms with van der Waals surface area (Å²) in [4.78, 5) is 23.6. The van der Waals surface area contributed by atoms with Gasteiger partial charge in [0.15, 0.2) is 0 Å². The van der Waals surface area contributed by atoms with E-state index in [4.69, 9.17) is 4.74 Å². The molecule has 0 aliphatic heterocycles. The lowest BCUT2D eigenvalue weighted by molar-refractivity contribution is -0.136. The highest BCUT2D eigenvalue weighted by Gasteiger charge is 2.13. The molecule has 0 atom stereocenters. The van der Waals surface area contributed by atoms with E-state index in [1.165, 1.54) is 13.3 Å². The SMILES string of the molecule is C=CCc1cccc(/C=N\NC(=O)C(=O)Nc2ccc(OC)cc2)c1O. The van der Waals surface area contributed by atoms with E-state index < -0.39 is 11.8 Å². The van der Waals surface area contributed by atoms with Gasteiger partial charge in [0.05, 0.1) is 13.3 Å². The van der Waals surface area contributed by atoms with E-state index in [1.807, 2.05) is 0 Å². The first kappa shape index (κ1) is 18.7. The molecule has 2 rings (SSSR count). The Morgan fingerprint density at radius 3 is 2.58 bits per heavy atom. The third-order valence-corrected chi connectivity index (χ3v) is 3.44. The number of amides is 2.